The molecule has 2 heterocycles. The van der Waals surface area contributed by atoms with E-state index in [0.29, 0.717) is 0 Å². The first-order valence-electron chi connectivity index (χ1n) is 17.6. The molecule has 0 aliphatic carbocycles. The predicted octanol–water partition coefficient (Wildman–Crippen LogP) is 11.8. The minimum Gasteiger partial charge on any atom is -0.372 e. The zero-order valence-electron chi connectivity index (χ0n) is 27.8. The van der Waals surface area contributed by atoms with Crippen LogP contribution in [0.1, 0.15) is 64.9 Å². The highest BCUT2D eigenvalue weighted by molar-refractivity contribution is 6.24. The molecule has 0 aromatic heterocycles. The van der Waals surface area contributed by atoms with Crippen LogP contribution in [0.5, 0.6) is 0 Å². The lowest BCUT2D eigenvalue weighted by Gasteiger charge is -2.30. The number of benzene rings is 6. The Morgan fingerprint density at radius 1 is 0.457 bits per heavy atom. The minimum atomic E-state index is 0.117. The van der Waals surface area contributed by atoms with Crippen molar-refractivity contribution in [2.75, 3.05) is 36.0 Å². The largest absolute Gasteiger partial charge is 0.372 e. The van der Waals surface area contributed by atoms with Gasteiger partial charge in [0.25, 0.3) is 0 Å². The van der Waals surface area contributed by atoms with Crippen LogP contribution in [0.2, 0.25) is 0 Å². The lowest BCUT2D eigenvalue weighted by molar-refractivity contribution is 0.578. The van der Waals surface area contributed by atoms with Gasteiger partial charge in [0.15, 0.2) is 0 Å². The number of anilines is 2. The van der Waals surface area contributed by atoms with Gasteiger partial charge in [-0.1, -0.05) is 99.6 Å². The molecule has 6 aromatic rings. The number of hydrogen-bond donors (Lipinski definition) is 0. The number of piperidine rings is 2. The monoisotopic (exact) mass is 602 g/mol. The summed E-state index contributed by atoms with van der Waals surface area (Å²) in [6.45, 7) is 11.5. The van der Waals surface area contributed by atoms with E-state index >= 15 is 0 Å². The Morgan fingerprint density at radius 2 is 1.00 bits per heavy atom. The molecule has 0 atom stereocenters. The molecule has 2 saturated heterocycles. The molecule has 2 aliphatic rings. The van der Waals surface area contributed by atoms with Crippen LogP contribution in [0.15, 0.2) is 103 Å². The minimum absolute atomic E-state index is 0.117. The highest BCUT2D eigenvalue weighted by Gasteiger charge is 2.22. The standard InChI is InChI=1S/C44H46N2/c1-44(2,3)33-19-17-32(18-20-33)42-38-23-21-35(46-27-10-5-11-28-46)30-41(38)43(37-16-12-14-31-13-6-7-15-36(31)37)39-24-22-34(29-40(39)42)45-25-8-4-9-26-45/h6-7,12-24,29-30H,4-5,8-11,25-28H2,1-3H3. The fourth-order valence-corrected chi connectivity index (χ4v) is 8.08. The van der Waals surface area contributed by atoms with Crippen molar-refractivity contribution in [2.45, 2.75) is 64.7 Å². The van der Waals surface area contributed by atoms with Crippen molar-refractivity contribution in [3.8, 4) is 22.3 Å². The summed E-state index contributed by atoms with van der Waals surface area (Å²) in [5.41, 5.74) is 9.54. The molecular formula is C44H46N2. The van der Waals surface area contributed by atoms with Gasteiger partial charge in [-0.3, -0.25) is 0 Å². The molecule has 0 amide bonds. The molecule has 2 heteroatoms. The lowest BCUT2D eigenvalue weighted by atomic mass is 9.82. The van der Waals surface area contributed by atoms with Gasteiger partial charge in [0, 0.05) is 37.6 Å². The first kappa shape index (κ1) is 29.1. The molecule has 0 saturated carbocycles. The van der Waals surface area contributed by atoms with Gasteiger partial charge >= 0.3 is 0 Å². The maximum Gasteiger partial charge on any atom is 0.0372 e. The van der Waals surface area contributed by atoms with Crippen LogP contribution in [0.25, 0.3) is 54.6 Å². The fraction of sp³-hybridized carbons (Fsp3) is 0.318. The molecule has 0 N–H and O–H groups in total. The van der Waals surface area contributed by atoms with E-state index in [2.05, 4.69) is 134 Å². The molecule has 232 valence electrons. The Balaban J connectivity index is 1.47. The number of rotatable bonds is 4. The van der Waals surface area contributed by atoms with Gasteiger partial charge in [0.05, 0.1) is 0 Å². The molecule has 6 aromatic carbocycles. The van der Waals surface area contributed by atoms with E-state index in [1.165, 1.54) is 110 Å². The van der Waals surface area contributed by atoms with E-state index in [1.807, 2.05) is 0 Å². The lowest BCUT2D eigenvalue weighted by Crippen LogP contribution is -2.29. The maximum atomic E-state index is 2.61. The van der Waals surface area contributed by atoms with Crippen molar-refractivity contribution in [1.29, 1.82) is 0 Å². The number of fused-ring (bicyclic) bond motifs is 3. The smallest absolute Gasteiger partial charge is 0.0372 e. The first-order chi connectivity index (χ1) is 22.5. The van der Waals surface area contributed by atoms with Crippen LogP contribution in [0.3, 0.4) is 0 Å². The van der Waals surface area contributed by atoms with Gasteiger partial charge in [-0.25, -0.2) is 0 Å². The average molecular weight is 603 g/mol. The maximum absolute atomic E-state index is 2.61. The zero-order valence-corrected chi connectivity index (χ0v) is 27.8. The third kappa shape index (κ3) is 5.22. The fourth-order valence-electron chi connectivity index (χ4n) is 8.08. The summed E-state index contributed by atoms with van der Waals surface area (Å²) >= 11 is 0. The molecule has 2 aliphatic heterocycles. The van der Waals surface area contributed by atoms with E-state index in [9.17, 15) is 0 Å². The van der Waals surface area contributed by atoms with Gasteiger partial charge in [-0.2, -0.15) is 0 Å². The summed E-state index contributed by atoms with van der Waals surface area (Å²) in [5, 5.41) is 8.00. The van der Waals surface area contributed by atoms with E-state index in [4.69, 9.17) is 0 Å². The van der Waals surface area contributed by atoms with Gasteiger partial charge < -0.3 is 9.80 Å². The Labute approximate surface area is 274 Å². The summed E-state index contributed by atoms with van der Waals surface area (Å²) in [6, 6.07) is 39.9. The van der Waals surface area contributed by atoms with Crippen LogP contribution in [-0.2, 0) is 5.41 Å². The van der Waals surface area contributed by atoms with Crippen LogP contribution >= 0.6 is 0 Å². The van der Waals surface area contributed by atoms with Gasteiger partial charge in [0.2, 0.25) is 0 Å². The van der Waals surface area contributed by atoms with Crippen molar-refractivity contribution < 1.29 is 0 Å². The molecule has 8 rings (SSSR count). The van der Waals surface area contributed by atoms with E-state index in [1.54, 1.807) is 0 Å². The third-order valence-electron chi connectivity index (χ3n) is 10.6. The summed E-state index contributed by atoms with van der Waals surface area (Å²) < 4.78 is 0. The quantitative estimate of drug-likeness (QED) is 0.185. The van der Waals surface area contributed by atoms with E-state index in [-0.39, 0.29) is 5.41 Å². The highest BCUT2D eigenvalue weighted by Crippen LogP contribution is 2.47. The second-order valence-corrected chi connectivity index (χ2v) is 14.7. The molecule has 0 spiro atoms. The number of nitrogens with zero attached hydrogens (tertiary/aromatic N) is 2. The molecule has 2 fully saturated rings. The van der Waals surface area contributed by atoms with Crippen LogP contribution in [0.4, 0.5) is 11.4 Å². The Morgan fingerprint density at radius 3 is 1.61 bits per heavy atom. The van der Waals surface area contributed by atoms with Gasteiger partial charge in [0.1, 0.15) is 0 Å². The Hall–Kier alpha value is -4.30. The molecule has 0 bridgehead atoms. The van der Waals surface area contributed by atoms with Crippen LogP contribution < -0.4 is 9.80 Å². The second kappa shape index (κ2) is 11.8. The highest BCUT2D eigenvalue weighted by atomic mass is 15.1. The molecular weight excluding hydrogens is 556 g/mol. The summed E-state index contributed by atoms with van der Waals surface area (Å²) in [6.07, 6.45) is 7.77. The zero-order chi connectivity index (χ0) is 31.3. The Bertz CT molecular complexity index is 2030. The third-order valence-corrected chi connectivity index (χ3v) is 10.6. The SMILES string of the molecule is CC(C)(C)c1ccc(-c2c3cc(N4CCCCC4)ccc3c(-c3cccc4ccccc34)c3cc(N4CCCCC4)ccc23)cc1. The number of hydrogen-bond acceptors (Lipinski definition) is 2. The van der Waals surface area contributed by atoms with E-state index in [0.717, 1.165) is 26.2 Å². The summed E-state index contributed by atoms with van der Waals surface area (Å²) in [4.78, 5) is 5.22. The average Bonchev–Trinajstić information content (AvgIpc) is 3.10. The van der Waals surface area contributed by atoms with Gasteiger partial charge in [-0.05, 0) is 128 Å². The van der Waals surface area contributed by atoms with Crippen molar-refractivity contribution in [1.82, 2.24) is 0 Å². The van der Waals surface area contributed by atoms with Crippen molar-refractivity contribution in [3.05, 3.63) is 109 Å². The first-order valence-corrected chi connectivity index (χ1v) is 17.6. The Kier molecular flexibility index (Phi) is 7.48. The second-order valence-electron chi connectivity index (χ2n) is 14.7. The molecule has 2 nitrogen and oxygen atoms in total. The molecule has 46 heavy (non-hydrogen) atoms. The molecule has 0 unspecified atom stereocenters. The van der Waals surface area contributed by atoms with E-state index < -0.39 is 0 Å². The summed E-state index contributed by atoms with van der Waals surface area (Å²) in [7, 11) is 0. The topological polar surface area (TPSA) is 6.48 Å². The van der Waals surface area contributed by atoms with Crippen molar-refractivity contribution >= 4 is 43.7 Å². The summed E-state index contributed by atoms with van der Waals surface area (Å²) in [5.74, 6) is 0. The van der Waals surface area contributed by atoms with Crippen LogP contribution in [-0.4, -0.2) is 26.2 Å². The predicted molar refractivity (Wildman–Crippen MR) is 201 cm³/mol. The van der Waals surface area contributed by atoms with Crippen molar-refractivity contribution in [2.24, 2.45) is 0 Å². The van der Waals surface area contributed by atoms with Gasteiger partial charge in [-0.15, -0.1) is 0 Å². The van der Waals surface area contributed by atoms with Crippen molar-refractivity contribution in [3.63, 3.8) is 0 Å². The molecule has 0 radical (unpaired) electrons. The normalized spacial score (nSPS) is 16.1. The van der Waals surface area contributed by atoms with Crippen LogP contribution in [0, 0.1) is 0 Å².